The SMILES string of the molecule is O=C(/C=C/c1ccncc1)Nc1ccc(C(=O)NCc2cccc(OC(F)(F)F)c2)cc1. The molecule has 0 spiro atoms. The summed E-state index contributed by atoms with van der Waals surface area (Å²) in [6, 6.07) is 15.1. The Morgan fingerprint density at radius 1 is 1.00 bits per heavy atom. The normalized spacial score (nSPS) is 11.2. The van der Waals surface area contributed by atoms with Crippen molar-refractivity contribution < 1.29 is 27.5 Å². The van der Waals surface area contributed by atoms with Crippen LogP contribution in [0.15, 0.2) is 79.1 Å². The molecule has 164 valence electrons. The molecule has 0 atom stereocenters. The fourth-order valence-electron chi connectivity index (χ4n) is 2.67. The number of hydrogen-bond acceptors (Lipinski definition) is 4. The standard InChI is InChI=1S/C23H18F3N3O3/c24-23(25,26)32-20-3-1-2-17(14-20)15-28-22(31)18-5-7-19(8-6-18)29-21(30)9-4-16-10-12-27-13-11-16/h1-14H,15H2,(H,28,31)(H,29,30)/b9-4+. The van der Waals surface area contributed by atoms with Gasteiger partial charge in [-0.1, -0.05) is 12.1 Å². The van der Waals surface area contributed by atoms with Crippen LogP contribution in [-0.4, -0.2) is 23.2 Å². The van der Waals surface area contributed by atoms with Gasteiger partial charge in [0.25, 0.3) is 5.91 Å². The number of hydrogen-bond donors (Lipinski definition) is 2. The van der Waals surface area contributed by atoms with E-state index in [0.29, 0.717) is 16.8 Å². The van der Waals surface area contributed by atoms with E-state index >= 15 is 0 Å². The van der Waals surface area contributed by atoms with Crippen molar-refractivity contribution >= 4 is 23.6 Å². The lowest BCUT2D eigenvalue weighted by atomic mass is 10.1. The second-order valence-corrected chi connectivity index (χ2v) is 6.56. The maximum Gasteiger partial charge on any atom is 0.573 e. The largest absolute Gasteiger partial charge is 0.573 e. The van der Waals surface area contributed by atoms with Crippen molar-refractivity contribution in [3.8, 4) is 5.75 Å². The summed E-state index contributed by atoms with van der Waals surface area (Å²) in [5.74, 6) is -1.11. The molecule has 0 radical (unpaired) electrons. The number of halogens is 3. The summed E-state index contributed by atoms with van der Waals surface area (Å²) in [5.41, 5.74) is 2.11. The van der Waals surface area contributed by atoms with E-state index in [0.717, 1.165) is 5.56 Å². The lowest BCUT2D eigenvalue weighted by Gasteiger charge is -2.11. The number of rotatable bonds is 7. The van der Waals surface area contributed by atoms with E-state index in [4.69, 9.17) is 0 Å². The number of benzene rings is 2. The quantitative estimate of drug-likeness (QED) is 0.527. The molecule has 0 aliphatic rings. The van der Waals surface area contributed by atoms with Gasteiger partial charge in [-0.25, -0.2) is 0 Å². The maximum atomic E-state index is 12.3. The van der Waals surface area contributed by atoms with Crippen LogP contribution in [0.1, 0.15) is 21.5 Å². The number of amides is 2. The van der Waals surface area contributed by atoms with Crippen molar-refractivity contribution in [1.82, 2.24) is 10.3 Å². The topological polar surface area (TPSA) is 80.3 Å². The zero-order valence-electron chi connectivity index (χ0n) is 16.6. The molecule has 0 saturated heterocycles. The molecular weight excluding hydrogens is 423 g/mol. The lowest BCUT2D eigenvalue weighted by molar-refractivity contribution is -0.274. The molecule has 2 N–H and O–H groups in total. The van der Waals surface area contributed by atoms with Crippen LogP contribution in [0.4, 0.5) is 18.9 Å². The van der Waals surface area contributed by atoms with E-state index in [1.54, 1.807) is 48.8 Å². The third kappa shape index (κ3) is 7.28. The van der Waals surface area contributed by atoms with Crippen LogP contribution in [0.3, 0.4) is 0 Å². The summed E-state index contributed by atoms with van der Waals surface area (Å²) >= 11 is 0. The van der Waals surface area contributed by atoms with Gasteiger partial charge in [-0.05, 0) is 65.7 Å². The van der Waals surface area contributed by atoms with Crippen molar-refractivity contribution in [2.24, 2.45) is 0 Å². The number of nitrogens with one attached hydrogen (secondary N) is 2. The fourth-order valence-corrected chi connectivity index (χ4v) is 2.67. The highest BCUT2D eigenvalue weighted by molar-refractivity contribution is 6.02. The molecule has 32 heavy (non-hydrogen) atoms. The molecule has 2 aromatic carbocycles. The molecule has 0 aliphatic heterocycles. The first-order chi connectivity index (χ1) is 15.3. The zero-order chi connectivity index (χ0) is 23.0. The van der Waals surface area contributed by atoms with Crippen LogP contribution < -0.4 is 15.4 Å². The predicted molar refractivity (Wildman–Crippen MR) is 113 cm³/mol. The Kier molecular flexibility index (Phi) is 7.22. The first kappa shape index (κ1) is 22.5. The van der Waals surface area contributed by atoms with Crippen molar-refractivity contribution in [2.75, 3.05) is 5.32 Å². The monoisotopic (exact) mass is 441 g/mol. The average molecular weight is 441 g/mol. The third-order valence-electron chi connectivity index (χ3n) is 4.13. The number of carbonyl (C=O) groups excluding carboxylic acids is 2. The van der Waals surface area contributed by atoms with Crippen LogP contribution in [0, 0.1) is 0 Å². The minimum Gasteiger partial charge on any atom is -0.406 e. The summed E-state index contributed by atoms with van der Waals surface area (Å²) in [4.78, 5) is 28.2. The summed E-state index contributed by atoms with van der Waals surface area (Å²) < 4.78 is 40.8. The van der Waals surface area contributed by atoms with E-state index in [-0.39, 0.29) is 18.2 Å². The number of alkyl halides is 3. The summed E-state index contributed by atoms with van der Waals surface area (Å²) in [6.45, 7) is 0.0200. The second kappa shape index (κ2) is 10.3. The Morgan fingerprint density at radius 2 is 1.72 bits per heavy atom. The van der Waals surface area contributed by atoms with Crippen LogP contribution in [-0.2, 0) is 11.3 Å². The number of ether oxygens (including phenoxy) is 1. The van der Waals surface area contributed by atoms with E-state index < -0.39 is 12.3 Å². The zero-order valence-corrected chi connectivity index (χ0v) is 16.6. The maximum absolute atomic E-state index is 12.3. The number of pyridine rings is 1. The molecule has 1 heterocycles. The summed E-state index contributed by atoms with van der Waals surface area (Å²) in [7, 11) is 0. The minimum absolute atomic E-state index is 0.0200. The van der Waals surface area contributed by atoms with E-state index in [1.807, 2.05) is 0 Å². The summed E-state index contributed by atoms with van der Waals surface area (Å²) in [6.07, 6.45) is 1.48. The molecular formula is C23H18F3N3O3. The smallest absolute Gasteiger partial charge is 0.406 e. The minimum atomic E-state index is -4.78. The molecule has 0 saturated carbocycles. The van der Waals surface area contributed by atoms with Crippen LogP contribution in [0.25, 0.3) is 6.08 Å². The van der Waals surface area contributed by atoms with E-state index in [9.17, 15) is 22.8 Å². The Morgan fingerprint density at radius 3 is 2.41 bits per heavy atom. The molecule has 0 fully saturated rings. The van der Waals surface area contributed by atoms with E-state index in [1.165, 1.54) is 36.4 Å². The predicted octanol–water partition coefficient (Wildman–Crippen LogP) is 4.56. The highest BCUT2D eigenvalue weighted by atomic mass is 19.4. The highest BCUT2D eigenvalue weighted by Crippen LogP contribution is 2.23. The molecule has 2 amide bonds. The Balaban J connectivity index is 1.52. The molecule has 0 bridgehead atoms. The Labute approximate surface area is 181 Å². The average Bonchev–Trinajstić information content (AvgIpc) is 2.76. The van der Waals surface area contributed by atoms with Gasteiger partial charge in [0, 0.05) is 36.3 Å². The number of anilines is 1. The number of carbonyl (C=O) groups is 2. The molecule has 6 nitrogen and oxygen atoms in total. The first-order valence-corrected chi connectivity index (χ1v) is 9.40. The van der Waals surface area contributed by atoms with Crippen LogP contribution in [0.2, 0.25) is 0 Å². The first-order valence-electron chi connectivity index (χ1n) is 9.40. The van der Waals surface area contributed by atoms with Crippen LogP contribution >= 0.6 is 0 Å². The van der Waals surface area contributed by atoms with Gasteiger partial charge in [0.15, 0.2) is 0 Å². The van der Waals surface area contributed by atoms with Gasteiger partial charge >= 0.3 is 6.36 Å². The molecule has 3 aromatic rings. The van der Waals surface area contributed by atoms with Gasteiger partial charge < -0.3 is 15.4 Å². The van der Waals surface area contributed by atoms with Gasteiger partial charge in [-0.15, -0.1) is 13.2 Å². The highest BCUT2D eigenvalue weighted by Gasteiger charge is 2.31. The van der Waals surface area contributed by atoms with Crippen molar-refractivity contribution in [1.29, 1.82) is 0 Å². The molecule has 0 unspecified atom stereocenters. The van der Waals surface area contributed by atoms with Gasteiger partial charge in [0.1, 0.15) is 5.75 Å². The molecule has 3 rings (SSSR count). The van der Waals surface area contributed by atoms with Crippen LogP contribution in [0.5, 0.6) is 5.75 Å². The van der Waals surface area contributed by atoms with Gasteiger partial charge in [-0.2, -0.15) is 0 Å². The van der Waals surface area contributed by atoms with Crippen molar-refractivity contribution in [3.05, 3.63) is 95.8 Å². The number of nitrogens with zero attached hydrogens (tertiary/aromatic N) is 1. The van der Waals surface area contributed by atoms with Gasteiger partial charge in [0.2, 0.25) is 5.91 Å². The van der Waals surface area contributed by atoms with E-state index in [2.05, 4.69) is 20.4 Å². The molecule has 1 aromatic heterocycles. The number of aromatic nitrogens is 1. The summed E-state index contributed by atoms with van der Waals surface area (Å²) in [5, 5.41) is 5.31. The van der Waals surface area contributed by atoms with Gasteiger partial charge in [-0.3, -0.25) is 14.6 Å². The Hall–Kier alpha value is -4.14. The van der Waals surface area contributed by atoms with Crippen molar-refractivity contribution in [3.63, 3.8) is 0 Å². The van der Waals surface area contributed by atoms with Gasteiger partial charge in [0.05, 0.1) is 0 Å². The second-order valence-electron chi connectivity index (χ2n) is 6.56. The van der Waals surface area contributed by atoms with Crippen molar-refractivity contribution in [2.45, 2.75) is 12.9 Å². The lowest BCUT2D eigenvalue weighted by Crippen LogP contribution is -2.23. The molecule has 0 aliphatic carbocycles. The molecule has 9 heteroatoms. The third-order valence-corrected chi connectivity index (χ3v) is 4.13. The fraction of sp³-hybridized carbons (Fsp3) is 0.0870. The Bertz CT molecular complexity index is 1100.